The molecule has 0 fully saturated rings. The molecule has 0 aliphatic carbocycles. The minimum absolute atomic E-state index is 0.0173. The van der Waals surface area contributed by atoms with E-state index in [4.69, 9.17) is 11.3 Å². The van der Waals surface area contributed by atoms with Crippen LogP contribution in [0.2, 0.25) is 0 Å². The zero-order valence-electron chi connectivity index (χ0n) is 14.4. The van der Waals surface area contributed by atoms with E-state index in [2.05, 4.69) is 21.0 Å². The van der Waals surface area contributed by atoms with E-state index in [1.165, 1.54) is 6.92 Å². The maximum absolute atomic E-state index is 10.7. The lowest BCUT2D eigenvalue weighted by Crippen LogP contribution is -2.00. The molecule has 5 heteroatoms. The number of aromatic nitrogens is 2. The van der Waals surface area contributed by atoms with Crippen LogP contribution in [0, 0.1) is 26.2 Å². The van der Waals surface area contributed by atoms with Crippen LogP contribution in [-0.4, -0.2) is 28.1 Å². The van der Waals surface area contributed by atoms with Gasteiger partial charge in [-0.3, -0.25) is 14.8 Å². The van der Waals surface area contributed by atoms with Gasteiger partial charge in [-0.2, -0.15) is 0 Å². The Morgan fingerprint density at radius 1 is 1.08 bits per heavy atom. The Labute approximate surface area is 142 Å². The molecule has 0 spiro atoms. The number of rotatable bonds is 4. The number of carbonyl (C=O) groups is 1. The van der Waals surface area contributed by atoms with Gasteiger partial charge < -0.3 is 4.84 Å². The smallest absolute Gasteiger partial charge is 0.178 e. The second-order valence-corrected chi connectivity index (χ2v) is 5.04. The van der Waals surface area contributed by atoms with Crippen LogP contribution in [0.1, 0.15) is 41.4 Å². The number of hydrogen-bond donors (Lipinski definition) is 0. The number of terminal acetylenes is 1. The first kappa shape index (κ1) is 19.0. The molecule has 2 aromatic heterocycles. The molecule has 0 aliphatic rings. The number of nitrogens with zero attached hydrogens (tertiary/aromatic N) is 3. The number of oxime groups is 1. The first-order valence-corrected chi connectivity index (χ1v) is 7.42. The number of ketones is 1. The Balaban J connectivity index is 0.000000254. The third-order valence-electron chi connectivity index (χ3n) is 2.86. The van der Waals surface area contributed by atoms with Crippen molar-refractivity contribution >= 4 is 11.5 Å². The number of carbonyl (C=O) groups excluding carboxylic acids is 1. The summed E-state index contributed by atoms with van der Waals surface area (Å²) in [5.74, 6) is 2.35. The van der Waals surface area contributed by atoms with Crippen LogP contribution in [0.3, 0.4) is 0 Å². The van der Waals surface area contributed by atoms with Gasteiger partial charge in [0.25, 0.3) is 0 Å². The van der Waals surface area contributed by atoms with E-state index in [-0.39, 0.29) is 12.4 Å². The lowest BCUT2D eigenvalue weighted by Gasteiger charge is -2.00. The maximum atomic E-state index is 10.7. The fourth-order valence-electron chi connectivity index (χ4n) is 1.70. The summed E-state index contributed by atoms with van der Waals surface area (Å²) in [6, 6.07) is 11.2. The third kappa shape index (κ3) is 6.84. The Kier molecular flexibility index (Phi) is 7.86. The van der Waals surface area contributed by atoms with Gasteiger partial charge in [0.05, 0.1) is 5.69 Å². The van der Waals surface area contributed by atoms with Crippen LogP contribution in [0.25, 0.3) is 0 Å². The minimum Gasteiger partial charge on any atom is -0.382 e. The van der Waals surface area contributed by atoms with Gasteiger partial charge in [0.1, 0.15) is 11.4 Å². The van der Waals surface area contributed by atoms with E-state index in [0.29, 0.717) is 5.69 Å². The third-order valence-corrected chi connectivity index (χ3v) is 2.86. The van der Waals surface area contributed by atoms with E-state index in [1.54, 1.807) is 6.07 Å². The van der Waals surface area contributed by atoms with Gasteiger partial charge in [0.2, 0.25) is 0 Å². The molecule has 2 aromatic rings. The number of hydrogen-bond acceptors (Lipinski definition) is 5. The molecule has 0 radical (unpaired) electrons. The van der Waals surface area contributed by atoms with Crippen molar-refractivity contribution in [2.24, 2.45) is 5.16 Å². The molecule has 0 N–H and O–H groups in total. The molecule has 0 amide bonds. The van der Waals surface area contributed by atoms with Crippen molar-refractivity contribution in [2.45, 2.75) is 27.7 Å². The number of Topliss-reactive ketones (excluding diaryl/α,β-unsaturated/α-hetero) is 1. The molecule has 0 atom stereocenters. The first-order valence-electron chi connectivity index (χ1n) is 7.42. The first-order chi connectivity index (χ1) is 11.4. The van der Waals surface area contributed by atoms with Crippen LogP contribution in [0.5, 0.6) is 0 Å². The van der Waals surface area contributed by atoms with Crippen LogP contribution >= 0.6 is 0 Å². The molecule has 0 saturated carbocycles. The Morgan fingerprint density at radius 3 is 2.08 bits per heavy atom. The SMILES string of the molecule is C#CCO/N=C(\C)c1cccc(C)n1.CC(=O)c1cccc(C)n1. The Bertz CT molecular complexity index is 761. The van der Waals surface area contributed by atoms with Gasteiger partial charge in [-0.05, 0) is 45.0 Å². The highest BCUT2D eigenvalue weighted by Gasteiger charge is 1.99. The van der Waals surface area contributed by atoms with Gasteiger partial charge in [0.15, 0.2) is 12.4 Å². The largest absolute Gasteiger partial charge is 0.382 e. The van der Waals surface area contributed by atoms with Gasteiger partial charge in [-0.25, -0.2) is 0 Å². The Morgan fingerprint density at radius 2 is 1.62 bits per heavy atom. The summed E-state index contributed by atoms with van der Waals surface area (Å²) < 4.78 is 0. The molecule has 0 unspecified atom stereocenters. The van der Waals surface area contributed by atoms with Crippen molar-refractivity contribution in [3.8, 4) is 12.3 Å². The predicted molar refractivity (Wildman–Crippen MR) is 94.9 cm³/mol. The van der Waals surface area contributed by atoms with Gasteiger partial charge in [-0.15, -0.1) is 6.42 Å². The topological polar surface area (TPSA) is 64.4 Å². The Hall–Kier alpha value is -3.00. The zero-order chi connectivity index (χ0) is 17.9. The summed E-state index contributed by atoms with van der Waals surface area (Å²) in [6.45, 7) is 7.33. The monoisotopic (exact) mass is 323 g/mol. The molecule has 24 heavy (non-hydrogen) atoms. The van der Waals surface area contributed by atoms with Crippen molar-refractivity contribution in [3.05, 3.63) is 59.2 Å². The van der Waals surface area contributed by atoms with Gasteiger partial charge >= 0.3 is 0 Å². The van der Waals surface area contributed by atoms with Crippen LogP contribution in [-0.2, 0) is 4.84 Å². The molecule has 2 rings (SSSR count). The van der Waals surface area contributed by atoms with Crippen LogP contribution in [0.4, 0.5) is 0 Å². The highest BCUT2D eigenvalue weighted by Crippen LogP contribution is 2.00. The average Bonchev–Trinajstić information content (AvgIpc) is 2.55. The molecule has 5 nitrogen and oxygen atoms in total. The predicted octanol–water partition coefficient (Wildman–Crippen LogP) is 3.36. The van der Waals surface area contributed by atoms with Crippen LogP contribution < -0.4 is 0 Å². The van der Waals surface area contributed by atoms with E-state index in [1.807, 2.05) is 51.1 Å². The minimum atomic E-state index is 0.0173. The normalized spacial score (nSPS) is 10.2. The van der Waals surface area contributed by atoms with Crippen molar-refractivity contribution in [1.82, 2.24) is 9.97 Å². The highest BCUT2D eigenvalue weighted by molar-refractivity contribution is 5.96. The zero-order valence-corrected chi connectivity index (χ0v) is 14.4. The molecular formula is C19H21N3O2. The van der Waals surface area contributed by atoms with Crippen LogP contribution in [0.15, 0.2) is 41.6 Å². The summed E-state index contributed by atoms with van der Waals surface area (Å²) in [5, 5.41) is 3.84. The lowest BCUT2D eigenvalue weighted by molar-refractivity contribution is 0.101. The second kappa shape index (κ2) is 9.90. The van der Waals surface area contributed by atoms with E-state index < -0.39 is 0 Å². The lowest BCUT2D eigenvalue weighted by atomic mass is 10.2. The fraction of sp³-hybridized carbons (Fsp3) is 0.263. The number of aryl methyl sites for hydroxylation is 2. The van der Waals surface area contributed by atoms with Gasteiger partial charge in [0, 0.05) is 18.3 Å². The molecule has 0 aliphatic heterocycles. The molecule has 0 aromatic carbocycles. The van der Waals surface area contributed by atoms with Crippen molar-refractivity contribution in [1.29, 1.82) is 0 Å². The quantitative estimate of drug-likeness (QED) is 0.284. The molecule has 124 valence electrons. The van der Waals surface area contributed by atoms with E-state index in [0.717, 1.165) is 22.8 Å². The summed E-state index contributed by atoms with van der Waals surface area (Å²) in [6.07, 6.45) is 5.02. The average molecular weight is 323 g/mol. The van der Waals surface area contributed by atoms with Gasteiger partial charge in [-0.1, -0.05) is 23.2 Å². The maximum Gasteiger partial charge on any atom is 0.178 e. The van der Waals surface area contributed by atoms with Crippen molar-refractivity contribution in [2.75, 3.05) is 6.61 Å². The highest BCUT2D eigenvalue weighted by atomic mass is 16.6. The fourth-order valence-corrected chi connectivity index (χ4v) is 1.70. The van der Waals surface area contributed by atoms with Crippen molar-refractivity contribution in [3.63, 3.8) is 0 Å². The molecular weight excluding hydrogens is 302 g/mol. The van der Waals surface area contributed by atoms with E-state index >= 15 is 0 Å². The summed E-state index contributed by atoms with van der Waals surface area (Å²) >= 11 is 0. The molecule has 0 saturated heterocycles. The second-order valence-electron chi connectivity index (χ2n) is 5.04. The molecule has 0 bridgehead atoms. The summed E-state index contributed by atoms with van der Waals surface area (Å²) in [4.78, 5) is 23.9. The van der Waals surface area contributed by atoms with Crippen molar-refractivity contribution < 1.29 is 9.63 Å². The number of pyridine rings is 2. The molecule has 2 heterocycles. The summed E-state index contributed by atoms with van der Waals surface area (Å²) in [7, 11) is 0. The summed E-state index contributed by atoms with van der Waals surface area (Å²) in [5.41, 5.74) is 3.91. The van der Waals surface area contributed by atoms with E-state index in [9.17, 15) is 4.79 Å². The standard InChI is InChI=1S/C11H12N2O.C8H9NO/c1-4-8-14-13-10(3)11-7-5-6-9(2)12-11;1-6-4-3-5-8(9-6)7(2)10/h1,5-7H,8H2,2-3H3;3-5H,1-2H3/b13-10+;.